The summed E-state index contributed by atoms with van der Waals surface area (Å²) in [5, 5.41) is 3.45. The third-order valence-corrected chi connectivity index (χ3v) is 5.03. The number of benzene rings is 2. The number of aromatic nitrogens is 1. The summed E-state index contributed by atoms with van der Waals surface area (Å²) >= 11 is 1.49. The van der Waals surface area contributed by atoms with Gasteiger partial charge in [-0.1, -0.05) is 35.9 Å². The molecule has 1 amide bonds. The van der Waals surface area contributed by atoms with Crippen molar-refractivity contribution in [2.45, 2.75) is 40.2 Å². The van der Waals surface area contributed by atoms with Crippen LogP contribution in [-0.2, 0) is 11.2 Å². The second-order valence-corrected chi connectivity index (χ2v) is 7.99. The van der Waals surface area contributed by atoms with E-state index in [9.17, 15) is 4.79 Å². The largest absolute Gasteiger partial charge is 0.481 e. The van der Waals surface area contributed by atoms with Gasteiger partial charge in [-0.15, -0.1) is 11.3 Å². The Balaban J connectivity index is 1.59. The first kappa shape index (κ1) is 19.1. The van der Waals surface area contributed by atoms with E-state index in [1.54, 1.807) is 6.92 Å². The van der Waals surface area contributed by atoms with Crippen molar-refractivity contribution >= 4 is 22.4 Å². The topological polar surface area (TPSA) is 51.2 Å². The third kappa shape index (κ3) is 5.41. The Hall–Kier alpha value is -2.66. The van der Waals surface area contributed by atoms with E-state index in [4.69, 9.17) is 4.74 Å². The Bertz CT molecular complexity index is 929. The lowest BCUT2D eigenvalue weighted by molar-refractivity contribution is -0.122. The van der Waals surface area contributed by atoms with E-state index in [-0.39, 0.29) is 5.91 Å². The monoisotopic (exact) mass is 380 g/mol. The molecule has 0 aliphatic carbocycles. The zero-order valence-electron chi connectivity index (χ0n) is 16.1. The number of nitrogens with one attached hydrogen (secondary N) is 1. The van der Waals surface area contributed by atoms with Gasteiger partial charge in [0.05, 0.1) is 0 Å². The molecular weight excluding hydrogens is 356 g/mol. The minimum Gasteiger partial charge on any atom is -0.481 e. The zero-order chi connectivity index (χ0) is 19.4. The Morgan fingerprint density at radius 1 is 1.11 bits per heavy atom. The molecule has 140 valence electrons. The summed E-state index contributed by atoms with van der Waals surface area (Å²) in [6.07, 6.45) is 2.03. The molecule has 1 unspecified atom stereocenters. The zero-order valence-corrected chi connectivity index (χ0v) is 16.9. The SMILES string of the molecule is Cc1cccc(Cc2cnc(NC(=O)C(C)Oc3cc(C)cc(C)c3)s2)c1. The number of anilines is 1. The Kier molecular flexibility index (Phi) is 5.91. The summed E-state index contributed by atoms with van der Waals surface area (Å²) in [4.78, 5) is 17.9. The maximum Gasteiger partial charge on any atom is 0.266 e. The first-order valence-corrected chi connectivity index (χ1v) is 9.77. The number of thiazole rings is 1. The molecular formula is C22H24N2O2S. The highest BCUT2D eigenvalue weighted by atomic mass is 32.1. The Labute approximate surface area is 164 Å². The minimum absolute atomic E-state index is 0.203. The molecule has 1 heterocycles. The van der Waals surface area contributed by atoms with Crippen LogP contribution in [0.4, 0.5) is 5.13 Å². The fourth-order valence-corrected chi connectivity index (χ4v) is 3.79. The van der Waals surface area contributed by atoms with Crippen molar-refractivity contribution in [2.24, 2.45) is 0 Å². The molecule has 0 saturated carbocycles. The molecule has 0 radical (unpaired) electrons. The van der Waals surface area contributed by atoms with Crippen LogP contribution < -0.4 is 10.1 Å². The summed E-state index contributed by atoms with van der Waals surface area (Å²) in [5.74, 6) is 0.500. The van der Waals surface area contributed by atoms with E-state index in [0.29, 0.717) is 10.9 Å². The van der Waals surface area contributed by atoms with Gasteiger partial charge in [0, 0.05) is 17.5 Å². The molecule has 3 rings (SSSR count). The molecule has 1 N–H and O–H groups in total. The van der Waals surface area contributed by atoms with Crippen LogP contribution in [0.2, 0.25) is 0 Å². The number of hydrogen-bond donors (Lipinski definition) is 1. The lowest BCUT2D eigenvalue weighted by Crippen LogP contribution is -2.30. The predicted molar refractivity (Wildman–Crippen MR) is 111 cm³/mol. The lowest BCUT2D eigenvalue weighted by Gasteiger charge is -2.14. The van der Waals surface area contributed by atoms with Crippen molar-refractivity contribution in [3.05, 3.63) is 75.8 Å². The minimum atomic E-state index is -0.602. The smallest absolute Gasteiger partial charge is 0.266 e. The molecule has 0 aliphatic rings. The molecule has 0 aliphatic heterocycles. The maximum absolute atomic E-state index is 12.4. The molecule has 0 bridgehead atoms. The van der Waals surface area contributed by atoms with E-state index in [0.717, 1.165) is 22.4 Å². The fraction of sp³-hybridized carbons (Fsp3) is 0.273. The van der Waals surface area contributed by atoms with Crippen molar-refractivity contribution in [2.75, 3.05) is 5.32 Å². The van der Waals surface area contributed by atoms with E-state index in [2.05, 4.69) is 47.6 Å². The first-order chi connectivity index (χ1) is 12.9. The molecule has 1 atom stereocenters. The van der Waals surface area contributed by atoms with Crippen molar-refractivity contribution in [1.82, 2.24) is 4.98 Å². The van der Waals surface area contributed by atoms with Crippen LogP contribution in [0.1, 0.15) is 34.1 Å². The van der Waals surface area contributed by atoms with Crippen LogP contribution in [0.3, 0.4) is 0 Å². The average molecular weight is 381 g/mol. The van der Waals surface area contributed by atoms with Crippen LogP contribution in [0.5, 0.6) is 5.75 Å². The van der Waals surface area contributed by atoms with Gasteiger partial charge in [-0.2, -0.15) is 0 Å². The number of rotatable bonds is 6. The number of aryl methyl sites for hydroxylation is 3. The normalized spacial score (nSPS) is 11.9. The van der Waals surface area contributed by atoms with Gasteiger partial charge in [0.2, 0.25) is 0 Å². The van der Waals surface area contributed by atoms with E-state index in [1.807, 2.05) is 32.2 Å². The number of nitrogens with zero attached hydrogens (tertiary/aromatic N) is 1. The van der Waals surface area contributed by atoms with Crippen LogP contribution in [0.15, 0.2) is 48.7 Å². The van der Waals surface area contributed by atoms with Gasteiger partial charge >= 0.3 is 0 Å². The molecule has 3 aromatic rings. The molecule has 0 spiro atoms. The van der Waals surface area contributed by atoms with Gasteiger partial charge in [-0.25, -0.2) is 4.98 Å². The first-order valence-electron chi connectivity index (χ1n) is 8.95. The second-order valence-electron chi connectivity index (χ2n) is 6.87. The summed E-state index contributed by atoms with van der Waals surface area (Å²) in [6.45, 7) is 7.85. The molecule has 0 saturated heterocycles. The number of carbonyl (C=O) groups is 1. The highest BCUT2D eigenvalue weighted by Gasteiger charge is 2.17. The average Bonchev–Trinajstić information content (AvgIpc) is 3.00. The van der Waals surface area contributed by atoms with Crippen LogP contribution in [-0.4, -0.2) is 17.0 Å². The van der Waals surface area contributed by atoms with Crippen molar-refractivity contribution in [1.29, 1.82) is 0 Å². The van der Waals surface area contributed by atoms with Gasteiger partial charge in [-0.3, -0.25) is 10.1 Å². The molecule has 1 aromatic heterocycles. The maximum atomic E-state index is 12.4. The Morgan fingerprint density at radius 2 is 1.85 bits per heavy atom. The molecule has 4 nitrogen and oxygen atoms in total. The number of carbonyl (C=O) groups excluding carboxylic acids is 1. The Morgan fingerprint density at radius 3 is 2.56 bits per heavy atom. The van der Waals surface area contributed by atoms with Crippen molar-refractivity contribution in [3.8, 4) is 5.75 Å². The van der Waals surface area contributed by atoms with Gasteiger partial charge in [0.1, 0.15) is 5.75 Å². The quantitative estimate of drug-likeness (QED) is 0.650. The highest BCUT2D eigenvalue weighted by Crippen LogP contribution is 2.22. The van der Waals surface area contributed by atoms with Crippen LogP contribution in [0.25, 0.3) is 0 Å². The number of amides is 1. The fourth-order valence-electron chi connectivity index (χ4n) is 2.94. The second kappa shape index (κ2) is 8.35. The molecule has 0 fully saturated rings. The number of hydrogen-bond acceptors (Lipinski definition) is 4. The van der Waals surface area contributed by atoms with Gasteiger partial charge in [0.15, 0.2) is 11.2 Å². The van der Waals surface area contributed by atoms with E-state index < -0.39 is 6.10 Å². The van der Waals surface area contributed by atoms with Crippen LogP contribution >= 0.6 is 11.3 Å². The summed E-state index contributed by atoms with van der Waals surface area (Å²) in [5.41, 5.74) is 4.70. The molecule has 5 heteroatoms. The van der Waals surface area contributed by atoms with Crippen LogP contribution in [0, 0.1) is 20.8 Å². The summed E-state index contributed by atoms with van der Waals surface area (Å²) < 4.78 is 5.79. The predicted octanol–water partition coefficient (Wildman–Crippen LogP) is 5.07. The number of ether oxygens (including phenoxy) is 1. The van der Waals surface area contributed by atoms with Gasteiger partial charge in [-0.05, 0) is 56.5 Å². The summed E-state index contributed by atoms with van der Waals surface area (Å²) in [6, 6.07) is 14.3. The van der Waals surface area contributed by atoms with Crippen molar-refractivity contribution in [3.63, 3.8) is 0 Å². The molecule has 2 aromatic carbocycles. The third-order valence-electron chi connectivity index (χ3n) is 4.12. The van der Waals surface area contributed by atoms with Crippen molar-refractivity contribution < 1.29 is 9.53 Å². The lowest BCUT2D eigenvalue weighted by atomic mass is 10.1. The molecule has 27 heavy (non-hydrogen) atoms. The van der Waals surface area contributed by atoms with E-state index in [1.165, 1.54) is 22.5 Å². The van der Waals surface area contributed by atoms with Gasteiger partial charge < -0.3 is 4.74 Å². The van der Waals surface area contributed by atoms with Gasteiger partial charge in [0.25, 0.3) is 5.91 Å². The highest BCUT2D eigenvalue weighted by molar-refractivity contribution is 7.15. The standard InChI is InChI=1S/C22H24N2O2S/c1-14-6-5-7-18(9-14)12-20-13-23-22(27-20)24-21(25)17(4)26-19-10-15(2)8-16(3)11-19/h5-11,13,17H,12H2,1-4H3,(H,23,24,25). The summed E-state index contributed by atoms with van der Waals surface area (Å²) in [7, 11) is 0. The van der Waals surface area contributed by atoms with E-state index >= 15 is 0 Å².